The fraction of sp³-hybridized carbons (Fsp3) is 0.0714. The number of furan rings is 1. The van der Waals surface area contributed by atoms with E-state index in [1.807, 2.05) is 6.07 Å². The third-order valence-electron chi connectivity index (χ3n) is 2.80. The molecule has 0 spiro atoms. The zero-order valence-electron chi connectivity index (χ0n) is 10.5. The van der Waals surface area contributed by atoms with Crippen LogP contribution in [0.1, 0.15) is 16.2 Å². The molecule has 20 heavy (non-hydrogen) atoms. The zero-order chi connectivity index (χ0) is 14.1. The highest BCUT2D eigenvalue weighted by atomic mass is 35.5. The summed E-state index contributed by atoms with van der Waals surface area (Å²) in [6.07, 6.45) is 1.27. The number of carbonyl (C=O) groups excluding carboxylic acids is 1. The molecule has 0 amide bonds. The Morgan fingerprint density at radius 1 is 1.30 bits per heavy atom. The van der Waals surface area contributed by atoms with E-state index in [4.69, 9.17) is 20.8 Å². The number of nitrogens with zero attached hydrogens (tertiary/aromatic N) is 2. The lowest BCUT2D eigenvalue weighted by molar-refractivity contribution is 0.101. The van der Waals surface area contributed by atoms with Gasteiger partial charge in [-0.1, -0.05) is 23.7 Å². The summed E-state index contributed by atoms with van der Waals surface area (Å²) in [6.45, 7) is 0. The van der Waals surface area contributed by atoms with Gasteiger partial charge in [0.05, 0.1) is 12.1 Å². The minimum absolute atomic E-state index is 0.175. The van der Waals surface area contributed by atoms with Crippen LogP contribution in [0.2, 0.25) is 5.02 Å². The van der Waals surface area contributed by atoms with Gasteiger partial charge in [-0.2, -0.15) is 0 Å². The van der Waals surface area contributed by atoms with Gasteiger partial charge < -0.3 is 9.15 Å². The fourth-order valence-electron chi connectivity index (χ4n) is 1.84. The van der Waals surface area contributed by atoms with Gasteiger partial charge in [-0.05, 0) is 12.1 Å². The minimum Gasteiger partial charge on any atom is -0.481 e. The second-order valence-corrected chi connectivity index (χ2v) is 4.45. The smallest absolute Gasteiger partial charge is 0.246 e. The van der Waals surface area contributed by atoms with Crippen LogP contribution in [0.4, 0.5) is 0 Å². The Bertz CT molecular complexity index is 798. The topological polar surface area (TPSA) is 65.2 Å². The third-order valence-corrected chi connectivity index (χ3v) is 3.10. The molecule has 0 bridgehead atoms. The van der Waals surface area contributed by atoms with Crippen LogP contribution in [-0.2, 0) is 0 Å². The van der Waals surface area contributed by atoms with Crippen molar-refractivity contribution >= 4 is 28.4 Å². The number of rotatable bonds is 3. The second-order valence-electron chi connectivity index (χ2n) is 4.04. The molecule has 0 saturated heterocycles. The first-order valence-corrected chi connectivity index (χ1v) is 6.15. The molecule has 0 aliphatic heterocycles. The van der Waals surface area contributed by atoms with Crippen LogP contribution in [0.25, 0.3) is 11.0 Å². The summed E-state index contributed by atoms with van der Waals surface area (Å²) in [7, 11) is 1.47. The fourth-order valence-corrected chi connectivity index (χ4v) is 2.06. The number of para-hydroxylation sites is 1. The molecule has 2 heterocycles. The van der Waals surface area contributed by atoms with Crippen molar-refractivity contribution in [1.29, 1.82) is 0 Å². The standard InChI is InChI=1S/C14H9ClN2O3/c1-19-12-6-10(16-7-17-12)13(18)11-5-8-3-2-4-9(15)14(8)20-11/h2-7H,1H3. The third kappa shape index (κ3) is 2.12. The van der Waals surface area contributed by atoms with Crippen LogP contribution in [0.15, 0.2) is 41.1 Å². The first-order valence-electron chi connectivity index (χ1n) is 5.78. The predicted molar refractivity (Wildman–Crippen MR) is 73.2 cm³/mol. The monoisotopic (exact) mass is 288 g/mol. The van der Waals surface area contributed by atoms with Crippen molar-refractivity contribution in [3.8, 4) is 5.88 Å². The largest absolute Gasteiger partial charge is 0.481 e. The molecule has 0 unspecified atom stereocenters. The van der Waals surface area contributed by atoms with Crippen LogP contribution in [0, 0.1) is 0 Å². The number of methoxy groups -OCH3 is 1. The Labute approximate surface area is 119 Å². The number of hydrogen-bond donors (Lipinski definition) is 0. The van der Waals surface area contributed by atoms with E-state index in [0.717, 1.165) is 5.39 Å². The molecule has 0 aliphatic rings. The highest BCUT2D eigenvalue weighted by Crippen LogP contribution is 2.27. The van der Waals surface area contributed by atoms with Crippen LogP contribution in [0.3, 0.4) is 0 Å². The van der Waals surface area contributed by atoms with Gasteiger partial charge in [0, 0.05) is 11.5 Å². The Morgan fingerprint density at radius 2 is 2.15 bits per heavy atom. The number of benzene rings is 1. The number of aromatic nitrogens is 2. The summed E-state index contributed by atoms with van der Waals surface area (Å²) in [5.74, 6) is 0.143. The maximum atomic E-state index is 12.3. The summed E-state index contributed by atoms with van der Waals surface area (Å²) in [5, 5.41) is 1.23. The van der Waals surface area contributed by atoms with Crippen molar-refractivity contribution in [1.82, 2.24) is 9.97 Å². The molecule has 0 radical (unpaired) electrons. The van der Waals surface area contributed by atoms with E-state index < -0.39 is 0 Å². The van der Waals surface area contributed by atoms with Crippen LogP contribution in [0.5, 0.6) is 5.88 Å². The first-order chi connectivity index (χ1) is 9.69. The molecule has 2 aromatic heterocycles. The average Bonchev–Trinajstić information content (AvgIpc) is 2.92. The Balaban J connectivity index is 2.05. The van der Waals surface area contributed by atoms with Crippen molar-refractivity contribution in [3.05, 3.63) is 53.1 Å². The molecule has 0 saturated carbocycles. The van der Waals surface area contributed by atoms with Crippen molar-refractivity contribution in [3.63, 3.8) is 0 Å². The van der Waals surface area contributed by atoms with Gasteiger partial charge in [-0.3, -0.25) is 4.79 Å². The number of ketones is 1. The number of carbonyl (C=O) groups is 1. The van der Waals surface area contributed by atoms with E-state index in [-0.39, 0.29) is 17.2 Å². The molecule has 0 atom stereocenters. The number of fused-ring (bicyclic) bond motifs is 1. The molecule has 3 aromatic rings. The highest BCUT2D eigenvalue weighted by Gasteiger charge is 2.17. The summed E-state index contributed by atoms with van der Waals surface area (Å²) in [4.78, 5) is 20.1. The second kappa shape index (κ2) is 4.94. The summed E-state index contributed by atoms with van der Waals surface area (Å²) in [6, 6.07) is 8.41. The van der Waals surface area contributed by atoms with Gasteiger partial charge in [0.1, 0.15) is 12.0 Å². The molecule has 0 aliphatic carbocycles. The van der Waals surface area contributed by atoms with Gasteiger partial charge >= 0.3 is 0 Å². The number of halogens is 1. The lowest BCUT2D eigenvalue weighted by Crippen LogP contribution is -2.03. The van der Waals surface area contributed by atoms with E-state index in [9.17, 15) is 4.79 Å². The average molecular weight is 289 g/mol. The molecular formula is C14H9ClN2O3. The lowest BCUT2D eigenvalue weighted by atomic mass is 10.2. The molecule has 100 valence electrons. The minimum atomic E-state index is -0.349. The predicted octanol–water partition coefficient (Wildman–Crippen LogP) is 3.12. The quantitative estimate of drug-likeness (QED) is 0.693. The molecule has 5 nitrogen and oxygen atoms in total. The van der Waals surface area contributed by atoms with E-state index in [0.29, 0.717) is 16.5 Å². The molecular weight excluding hydrogens is 280 g/mol. The maximum Gasteiger partial charge on any atom is 0.246 e. The van der Waals surface area contributed by atoms with Crippen molar-refractivity contribution in [2.45, 2.75) is 0 Å². The van der Waals surface area contributed by atoms with Gasteiger partial charge in [0.2, 0.25) is 11.7 Å². The van der Waals surface area contributed by atoms with E-state index in [1.54, 1.807) is 18.2 Å². The summed E-state index contributed by atoms with van der Waals surface area (Å²) >= 11 is 6.02. The molecule has 0 N–H and O–H groups in total. The van der Waals surface area contributed by atoms with Gasteiger partial charge in [0.15, 0.2) is 11.3 Å². The van der Waals surface area contributed by atoms with Crippen LogP contribution >= 0.6 is 11.6 Å². The summed E-state index contributed by atoms with van der Waals surface area (Å²) < 4.78 is 10.5. The molecule has 1 aromatic carbocycles. The summed E-state index contributed by atoms with van der Waals surface area (Å²) in [5.41, 5.74) is 0.686. The van der Waals surface area contributed by atoms with Crippen molar-refractivity contribution < 1.29 is 13.9 Å². The molecule has 3 rings (SSSR count). The van der Waals surface area contributed by atoms with Crippen molar-refractivity contribution in [2.75, 3.05) is 7.11 Å². The Kier molecular flexibility index (Phi) is 3.12. The SMILES string of the molecule is COc1cc(C(=O)c2cc3cccc(Cl)c3o2)ncn1. The molecule has 0 fully saturated rings. The number of ether oxygens (including phenoxy) is 1. The molecule has 6 heteroatoms. The van der Waals surface area contributed by atoms with E-state index in [2.05, 4.69) is 9.97 Å². The Hall–Kier alpha value is -2.40. The van der Waals surface area contributed by atoms with Crippen LogP contribution < -0.4 is 4.74 Å². The van der Waals surface area contributed by atoms with Gasteiger partial charge in [-0.25, -0.2) is 9.97 Å². The zero-order valence-corrected chi connectivity index (χ0v) is 11.2. The van der Waals surface area contributed by atoms with Crippen molar-refractivity contribution in [2.24, 2.45) is 0 Å². The van der Waals surface area contributed by atoms with Crippen LogP contribution in [-0.4, -0.2) is 22.9 Å². The normalized spacial score (nSPS) is 10.7. The van der Waals surface area contributed by atoms with Gasteiger partial charge in [-0.15, -0.1) is 0 Å². The van der Waals surface area contributed by atoms with Gasteiger partial charge in [0.25, 0.3) is 0 Å². The number of hydrogen-bond acceptors (Lipinski definition) is 5. The van der Waals surface area contributed by atoms with E-state index >= 15 is 0 Å². The highest BCUT2D eigenvalue weighted by molar-refractivity contribution is 6.35. The Morgan fingerprint density at radius 3 is 2.90 bits per heavy atom. The maximum absolute atomic E-state index is 12.3. The lowest BCUT2D eigenvalue weighted by Gasteiger charge is -1.99. The van der Waals surface area contributed by atoms with E-state index in [1.165, 1.54) is 19.5 Å². The first kappa shape index (κ1) is 12.6.